The van der Waals surface area contributed by atoms with Gasteiger partial charge in [-0.3, -0.25) is 19.1 Å². The average molecular weight is 945 g/mol. The Balaban J connectivity index is 1.42. The SMILES string of the molecule is COC[C@@H]1C[C@@H](C)CC/C=C\[C@H]2C[C@]2(C(=O)NS(=O)(=O)C2(C)CC2)NC(=O)[C@@H]2C[C@@H](Oc3nc4cc(OC(C)C)ccc4nc3C(F)(F)F)CN2C(=O)[C@H]1NC(=O)OC(C)(C)C(C)(F)F. The molecule has 16 nitrogen and oxygen atoms in total. The number of alkyl halides is 5. The van der Waals surface area contributed by atoms with Crippen molar-refractivity contribution in [3.63, 3.8) is 0 Å². The Labute approximate surface area is 374 Å². The third-order valence-electron chi connectivity index (χ3n) is 12.7. The number of halogens is 5. The zero-order chi connectivity index (χ0) is 48.1. The van der Waals surface area contributed by atoms with Crippen LogP contribution in [0.2, 0.25) is 0 Å². The number of hydrogen-bond acceptors (Lipinski definition) is 12. The molecule has 2 saturated carbocycles. The molecule has 2 aliphatic heterocycles. The number of ether oxygens (including phenoxy) is 4. The third-order valence-corrected chi connectivity index (χ3v) is 14.8. The van der Waals surface area contributed by atoms with Crippen molar-refractivity contribution in [3.05, 3.63) is 36.0 Å². The number of amides is 4. The summed E-state index contributed by atoms with van der Waals surface area (Å²) in [4.78, 5) is 66.1. The van der Waals surface area contributed by atoms with Crippen LogP contribution >= 0.6 is 0 Å². The minimum atomic E-state index is -5.09. The molecule has 0 radical (unpaired) electrons. The average Bonchev–Trinajstić information content (AvgIpc) is 4.06. The fourth-order valence-electron chi connectivity index (χ4n) is 8.06. The summed E-state index contributed by atoms with van der Waals surface area (Å²) < 4.78 is 123. The number of fused-ring (bicyclic) bond motifs is 3. The number of methoxy groups -OCH3 is 1. The summed E-state index contributed by atoms with van der Waals surface area (Å²) in [6.07, 6.45) is -3.38. The van der Waals surface area contributed by atoms with Gasteiger partial charge in [0.15, 0.2) is 5.60 Å². The number of benzene rings is 1. The summed E-state index contributed by atoms with van der Waals surface area (Å²) in [5.74, 6) is -8.90. The van der Waals surface area contributed by atoms with Crippen molar-refractivity contribution in [1.29, 1.82) is 0 Å². The molecule has 4 amide bonds. The van der Waals surface area contributed by atoms with E-state index in [2.05, 4.69) is 25.3 Å². The van der Waals surface area contributed by atoms with Gasteiger partial charge < -0.3 is 34.5 Å². The summed E-state index contributed by atoms with van der Waals surface area (Å²) >= 11 is 0. The molecule has 65 heavy (non-hydrogen) atoms. The molecule has 1 aromatic carbocycles. The van der Waals surface area contributed by atoms with Crippen molar-refractivity contribution in [2.45, 2.75) is 146 Å². The zero-order valence-corrected chi connectivity index (χ0v) is 38.3. The first-order valence-corrected chi connectivity index (χ1v) is 23.0. The largest absolute Gasteiger partial charge is 0.491 e. The van der Waals surface area contributed by atoms with Gasteiger partial charge in [-0.2, -0.15) is 13.2 Å². The lowest BCUT2D eigenvalue weighted by molar-refractivity contribution is -0.152. The molecule has 2 aromatic rings. The Hall–Kier alpha value is -4.86. The maximum atomic E-state index is 15.1. The van der Waals surface area contributed by atoms with Gasteiger partial charge in [0.2, 0.25) is 33.4 Å². The normalized spacial score (nSPS) is 27.9. The second-order valence-electron chi connectivity index (χ2n) is 18.8. The van der Waals surface area contributed by atoms with Crippen molar-refractivity contribution in [3.8, 4) is 11.6 Å². The number of sulfonamides is 1. The Morgan fingerprint density at radius 2 is 1.74 bits per heavy atom. The summed E-state index contributed by atoms with van der Waals surface area (Å²) in [5.41, 5.74) is -5.81. The van der Waals surface area contributed by atoms with Crippen LogP contribution in [-0.2, 0) is 40.1 Å². The van der Waals surface area contributed by atoms with E-state index in [0.717, 1.165) is 18.7 Å². The number of carbonyl (C=O) groups excluding carboxylic acids is 4. The van der Waals surface area contributed by atoms with Crippen molar-refractivity contribution in [1.82, 2.24) is 30.2 Å². The van der Waals surface area contributed by atoms with Crippen molar-refractivity contribution in [2.75, 3.05) is 20.3 Å². The Kier molecular flexibility index (Phi) is 13.8. The molecule has 0 unspecified atom stereocenters. The highest BCUT2D eigenvalue weighted by Gasteiger charge is 2.63. The first-order chi connectivity index (χ1) is 30.1. The van der Waals surface area contributed by atoms with Crippen LogP contribution < -0.4 is 24.8 Å². The molecule has 4 aliphatic rings. The molecule has 2 aliphatic carbocycles. The molecule has 6 rings (SSSR count). The molecule has 3 heterocycles. The Morgan fingerprint density at radius 1 is 1.05 bits per heavy atom. The molecule has 0 spiro atoms. The molecule has 3 fully saturated rings. The van der Waals surface area contributed by atoms with E-state index in [4.69, 9.17) is 18.9 Å². The second-order valence-corrected chi connectivity index (χ2v) is 21.0. The fraction of sp³-hybridized carbons (Fsp3) is 0.674. The minimum absolute atomic E-state index is 0.0165. The van der Waals surface area contributed by atoms with Gasteiger partial charge in [0.25, 0.3) is 11.8 Å². The number of hydrogen-bond donors (Lipinski definition) is 3. The van der Waals surface area contributed by atoms with E-state index in [0.29, 0.717) is 32.6 Å². The lowest BCUT2D eigenvalue weighted by atomic mass is 9.87. The number of carbonyl (C=O) groups is 4. The van der Waals surface area contributed by atoms with Crippen molar-refractivity contribution < 1.29 is 68.5 Å². The summed E-state index contributed by atoms with van der Waals surface area (Å²) in [5, 5.41) is 5.11. The number of rotatable bonds is 12. The molecule has 1 saturated heterocycles. The zero-order valence-electron chi connectivity index (χ0n) is 37.5. The van der Waals surface area contributed by atoms with Gasteiger partial charge >= 0.3 is 12.3 Å². The molecular weight excluding hydrogens is 888 g/mol. The minimum Gasteiger partial charge on any atom is -0.491 e. The Morgan fingerprint density at radius 3 is 2.35 bits per heavy atom. The van der Waals surface area contributed by atoms with E-state index in [-0.39, 0.29) is 48.3 Å². The molecule has 3 N–H and O–H groups in total. The molecular formula is C43H57F5N6O10S. The predicted molar refractivity (Wildman–Crippen MR) is 224 cm³/mol. The molecule has 0 bridgehead atoms. The van der Waals surface area contributed by atoms with Crippen LogP contribution in [0.5, 0.6) is 11.6 Å². The quantitative estimate of drug-likeness (QED) is 0.170. The number of allylic oxidation sites excluding steroid dienone is 1. The molecule has 360 valence electrons. The number of aromatic nitrogens is 2. The second kappa shape index (κ2) is 18.1. The lowest BCUT2D eigenvalue weighted by Crippen LogP contribution is -2.60. The van der Waals surface area contributed by atoms with Gasteiger partial charge in [0.1, 0.15) is 29.5 Å². The first kappa shape index (κ1) is 49.6. The van der Waals surface area contributed by atoms with E-state index in [1.807, 2.05) is 6.92 Å². The van der Waals surface area contributed by atoms with Gasteiger partial charge in [-0.05, 0) is 91.2 Å². The number of nitrogens with one attached hydrogen (secondary N) is 3. The van der Waals surface area contributed by atoms with Crippen LogP contribution in [0.3, 0.4) is 0 Å². The van der Waals surface area contributed by atoms with Crippen molar-refractivity contribution >= 4 is 44.9 Å². The van der Waals surface area contributed by atoms with Gasteiger partial charge in [-0.15, -0.1) is 0 Å². The maximum Gasteiger partial charge on any atom is 0.438 e. The van der Waals surface area contributed by atoms with Crippen LogP contribution in [0, 0.1) is 17.8 Å². The topological polar surface area (TPSA) is 204 Å². The highest BCUT2D eigenvalue weighted by molar-refractivity contribution is 7.91. The van der Waals surface area contributed by atoms with Crippen molar-refractivity contribution in [2.24, 2.45) is 17.8 Å². The van der Waals surface area contributed by atoms with Crippen LogP contribution in [0.1, 0.15) is 99.1 Å². The highest BCUT2D eigenvalue weighted by Crippen LogP contribution is 2.48. The number of alkyl carbamates (subject to hydrolysis) is 1. The van der Waals surface area contributed by atoms with Crippen LogP contribution in [0.4, 0.5) is 26.7 Å². The summed E-state index contributed by atoms with van der Waals surface area (Å²) in [7, 11) is -2.84. The number of nitrogens with zero attached hydrogens (tertiary/aromatic N) is 3. The van der Waals surface area contributed by atoms with E-state index in [9.17, 15) is 44.8 Å². The van der Waals surface area contributed by atoms with E-state index >= 15 is 4.79 Å². The van der Waals surface area contributed by atoms with Gasteiger partial charge in [0.05, 0.1) is 35.0 Å². The maximum absolute atomic E-state index is 15.1. The van der Waals surface area contributed by atoms with Crippen LogP contribution in [0.15, 0.2) is 30.4 Å². The van der Waals surface area contributed by atoms with E-state index in [1.165, 1.54) is 32.2 Å². The smallest absolute Gasteiger partial charge is 0.438 e. The summed E-state index contributed by atoms with van der Waals surface area (Å²) in [6.45, 7) is 8.63. The summed E-state index contributed by atoms with van der Waals surface area (Å²) in [6, 6.07) is 0.876. The lowest BCUT2D eigenvalue weighted by Gasteiger charge is -2.35. The molecule has 7 atom stereocenters. The van der Waals surface area contributed by atoms with E-state index in [1.54, 1.807) is 26.0 Å². The van der Waals surface area contributed by atoms with Gasteiger partial charge in [-0.25, -0.2) is 32.0 Å². The molecule has 22 heteroatoms. The highest BCUT2D eigenvalue weighted by atomic mass is 32.2. The fourth-order valence-corrected chi connectivity index (χ4v) is 9.37. The standard InChI is InChI=1S/C43H57F5N6O10S/c1-23(2)62-27-13-14-29-30(18-27)50-35(33(49-29)43(46,47)48)63-28-19-31-34(55)52-42(37(57)53-65(59,60)40(6)15-16-40)20-26(42)12-10-9-11-24(3)17-25(22-61-8)32(36(56)54(31)21-28)51-38(58)64-39(4,5)41(7,44)45/h10,12-14,18,23-26,28,31-32H,9,11,15-17,19-22H2,1-8H3,(H,51,58)(H,52,55)(H,53,57)/b12-10-/t24-,25-,26-,28+,31-,32-,42-/m0/s1. The predicted octanol–water partition coefficient (Wildman–Crippen LogP) is 5.82. The first-order valence-electron chi connectivity index (χ1n) is 21.5. The van der Waals surface area contributed by atoms with Gasteiger partial charge in [-0.1, -0.05) is 19.1 Å². The van der Waals surface area contributed by atoms with Crippen LogP contribution in [0.25, 0.3) is 11.0 Å². The van der Waals surface area contributed by atoms with Crippen LogP contribution in [-0.4, -0.2) is 113 Å². The molecule has 1 aromatic heterocycles. The third kappa shape index (κ3) is 10.9. The Bertz CT molecular complexity index is 2300. The monoisotopic (exact) mass is 944 g/mol. The van der Waals surface area contributed by atoms with Gasteiger partial charge in [0, 0.05) is 38.4 Å². The van der Waals surface area contributed by atoms with E-state index < -0.39 is 116 Å².